The molecule has 24 heteroatoms. The van der Waals surface area contributed by atoms with Crippen LogP contribution in [0.2, 0.25) is 0 Å². The summed E-state index contributed by atoms with van der Waals surface area (Å²) in [6.45, 7) is 9.25. The molecule has 2 saturated heterocycles. The van der Waals surface area contributed by atoms with Crippen LogP contribution in [0.3, 0.4) is 0 Å². The molecule has 2 heterocycles. The van der Waals surface area contributed by atoms with E-state index < -0.39 is 151 Å². The molecule has 0 aromatic rings. The monoisotopic (exact) mass is 935 g/mol. The van der Waals surface area contributed by atoms with Crippen molar-refractivity contribution in [3.05, 3.63) is 0 Å². The quantitative estimate of drug-likeness (QED) is 0.134. The zero-order chi connectivity index (χ0) is 50.3. The number of hydrogen-bond donors (Lipinski definition) is 8. The molecule has 0 aliphatic carbocycles. The molecule has 2 unspecified atom stereocenters. The third-order valence-electron chi connectivity index (χ3n) is 11.9. The van der Waals surface area contributed by atoms with Gasteiger partial charge in [-0.25, -0.2) is 0 Å². The first-order valence-corrected chi connectivity index (χ1v) is 21.9. The van der Waals surface area contributed by atoms with Gasteiger partial charge in [-0.15, -0.1) is 0 Å². The fourth-order valence-electron chi connectivity index (χ4n) is 6.95. The van der Waals surface area contributed by atoms with Gasteiger partial charge in [0, 0.05) is 34.2 Å². The van der Waals surface area contributed by atoms with Crippen molar-refractivity contribution < 1.29 is 57.5 Å². The molecule has 370 valence electrons. The number of piperidine rings is 1. The van der Waals surface area contributed by atoms with Gasteiger partial charge >= 0.3 is 0 Å². The number of likely N-dealkylation sites (N-methyl/N-ethyl adjacent to an activating group) is 3. The van der Waals surface area contributed by atoms with Gasteiger partial charge < -0.3 is 62.1 Å². The molecule has 2 fully saturated rings. The molecule has 0 saturated carbocycles. The van der Waals surface area contributed by atoms with Crippen molar-refractivity contribution in [3.63, 3.8) is 0 Å². The Morgan fingerprint density at radius 3 is 1.45 bits per heavy atom. The van der Waals surface area contributed by atoms with Crippen LogP contribution in [0.25, 0.3) is 0 Å². The van der Waals surface area contributed by atoms with E-state index >= 15 is 0 Å². The fraction of sp³-hybridized carbons (Fsp3) is 0.714. The van der Waals surface area contributed by atoms with E-state index in [1.807, 2.05) is 0 Å². The van der Waals surface area contributed by atoms with Gasteiger partial charge in [-0.05, 0) is 66.7 Å². The Kier molecular flexibility index (Phi) is 20.5. The summed E-state index contributed by atoms with van der Waals surface area (Å²) in [6.07, 6.45) is 2.15. The third-order valence-corrected chi connectivity index (χ3v) is 11.9. The zero-order valence-electron chi connectivity index (χ0n) is 40.1. The van der Waals surface area contributed by atoms with E-state index in [9.17, 15) is 57.5 Å². The molecule has 0 bridgehead atoms. The largest absolute Gasteiger partial charge is 0.347 e. The van der Waals surface area contributed by atoms with E-state index in [4.69, 9.17) is 0 Å². The van der Waals surface area contributed by atoms with Crippen LogP contribution < -0.4 is 42.5 Å². The fourth-order valence-corrected chi connectivity index (χ4v) is 6.95. The summed E-state index contributed by atoms with van der Waals surface area (Å²) in [4.78, 5) is 164. The van der Waals surface area contributed by atoms with Gasteiger partial charge in [0.2, 0.25) is 70.9 Å². The van der Waals surface area contributed by atoms with Crippen LogP contribution in [0.1, 0.15) is 87.5 Å². The van der Waals surface area contributed by atoms with Crippen molar-refractivity contribution in [1.29, 1.82) is 0 Å². The predicted molar refractivity (Wildman–Crippen MR) is 237 cm³/mol. The number of likely N-dealkylation sites (tertiary alicyclic amines) is 1. The molecule has 24 nitrogen and oxygen atoms in total. The number of carbonyl (C=O) groups is 12. The highest BCUT2D eigenvalue weighted by Crippen LogP contribution is 2.26. The second-order valence-corrected chi connectivity index (χ2v) is 18.1. The predicted octanol–water partition coefficient (Wildman–Crippen LogP) is -4.17. The van der Waals surface area contributed by atoms with Crippen molar-refractivity contribution in [3.8, 4) is 0 Å². The number of rotatable bonds is 3. The van der Waals surface area contributed by atoms with Crippen molar-refractivity contribution in [2.24, 2.45) is 5.92 Å². The summed E-state index contributed by atoms with van der Waals surface area (Å²) in [5, 5.41) is 19.0. The van der Waals surface area contributed by atoms with Gasteiger partial charge in [0.05, 0.1) is 45.7 Å². The van der Waals surface area contributed by atoms with Crippen molar-refractivity contribution >= 4 is 70.9 Å². The van der Waals surface area contributed by atoms with Gasteiger partial charge in [0.1, 0.15) is 28.7 Å². The standard InChI is InChI=1S/C42H70N12O12/c1-12-25(2)34-35(62)48-22-31(59)46-20-29(57)44-19-28(56)45-21-30(58)47-24-33(61)50-40(3,4)37(64)52(10)42(7,8)39(66)53(11)41(5,6)38(65)51(9)26(18-27(55)43-23-32(60)49-34)36(63)54-16-14-13-15-17-54/h25-26,34H,12-24H2,1-11H3,(H,43,55)(H,44,57)(H,45,56)(H,46,59)(H,47,58)(H,48,62)(H,49,60)(H,50,61)/t25-,26?,34?/m0/s1. The molecule has 0 radical (unpaired) electrons. The maximum atomic E-state index is 14.4. The molecule has 2 aliphatic heterocycles. The molecular weight excluding hydrogens is 865 g/mol. The van der Waals surface area contributed by atoms with Crippen molar-refractivity contribution in [2.45, 2.75) is 116 Å². The molecular formula is C42H70N12O12. The zero-order valence-corrected chi connectivity index (χ0v) is 40.1. The van der Waals surface area contributed by atoms with Crippen LogP contribution >= 0.6 is 0 Å². The van der Waals surface area contributed by atoms with Crippen LogP contribution in [0.5, 0.6) is 0 Å². The molecule has 0 spiro atoms. The normalized spacial score (nSPS) is 24.3. The summed E-state index contributed by atoms with van der Waals surface area (Å²) >= 11 is 0. The number of amides is 12. The van der Waals surface area contributed by atoms with Gasteiger partial charge in [-0.1, -0.05) is 20.3 Å². The highest BCUT2D eigenvalue weighted by atomic mass is 16.2. The Morgan fingerprint density at radius 2 is 0.970 bits per heavy atom. The molecule has 0 aromatic heterocycles. The molecule has 8 N–H and O–H groups in total. The second-order valence-electron chi connectivity index (χ2n) is 18.1. The Labute approximate surface area is 385 Å². The maximum absolute atomic E-state index is 14.4. The number of hydrogen-bond acceptors (Lipinski definition) is 12. The Balaban J connectivity index is 2.45. The number of carbonyl (C=O) groups excluding carboxylic acids is 12. The minimum absolute atomic E-state index is 0.388. The average molecular weight is 935 g/mol. The lowest BCUT2D eigenvalue weighted by molar-refractivity contribution is -0.162. The van der Waals surface area contributed by atoms with E-state index in [1.54, 1.807) is 18.7 Å². The minimum Gasteiger partial charge on any atom is -0.347 e. The molecule has 2 rings (SSSR count). The summed E-state index contributed by atoms with van der Waals surface area (Å²) in [5.74, 6) is -9.27. The molecule has 3 atom stereocenters. The van der Waals surface area contributed by atoms with Crippen molar-refractivity contribution in [2.75, 3.05) is 73.5 Å². The van der Waals surface area contributed by atoms with Crippen LogP contribution in [0.4, 0.5) is 0 Å². The topological polar surface area (TPSA) is 314 Å². The summed E-state index contributed by atoms with van der Waals surface area (Å²) < 4.78 is 0. The van der Waals surface area contributed by atoms with Crippen LogP contribution in [-0.2, 0) is 57.5 Å². The molecule has 2 aliphatic rings. The lowest BCUT2D eigenvalue weighted by Gasteiger charge is -2.45. The lowest BCUT2D eigenvalue weighted by atomic mass is 9.92. The SMILES string of the molecule is CC[C@H](C)C1NC(=O)CNC(=O)CC(C(=O)N2CCCCC2)N(C)C(=O)C(C)(C)N(C)C(=O)C(C)(C)N(C)C(=O)C(C)(C)NC(=O)CNC(=O)CNC(=O)CNC(=O)CNC(=O)CNC1=O. The Hall–Kier alpha value is -6.36. The summed E-state index contributed by atoms with van der Waals surface area (Å²) in [7, 11) is 4.02. The van der Waals surface area contributed by atoms with E-state index in [0.717, 1.165) is 21.1 Å². The minimum atomic E-state index is -1.68. The van der Waals surface area contributed by atoms with Crippen LogP contribution in [0, 0.1) is 5.92 Å². The van der Waals surface area contributed by atoms with Gasteiger partial charge in [-0.2, -0.15) is 0 Å². The van der Waals surface area contributed by atoms with Gasteiger partial charge in [0.25, 0.3) is 0 Å². The second kappa shape index (κ2) is 24.2. The smallest absolute Gasteiger partial charge is 0.248 e. The molecule has 12 amide bonds. The van der Waals surface area contributed by atoms with E-state index in [0.29, 0.717) is 32.4 Å². The van der Waals surface area contributed by atoms with Crippen molar-refractivity contribution in [1.82, 2.24) is 62.1 Å². The highest BCUT2D eigenvalue weighted by Gasteiger charge is 2.49. The van der Waals surface area contributed by atoms with Crippen LogP contribution in [0.15, 0.2) is 0 Å². The number of nitrogens with zero attached hydrogens (tertiary/aromatic N) is 4. The maximum Gasteiger partial charge on any atom is 0.248 e. The van der Waals surface area contributed by atoms with Gasteiger partial charge in [-0.3, -0.25) is 57.5 Å². The molecule has 0 aromatic carbocycles. The third kappa shape index (κ3) is 15.7. The first-order chi connectivity index (χ1) is 30.6. The summed E-state index contributed by atoms with van der Waals surface area (Å²) in [5.41, 5.74) is -4.95. The Bertz CT molecular complexity index is 1880. The summed E-state index contributed by atoms with van der Waals surface area (Å²) in [6, 6.07) is -2.52. The molecule has 66 heavy (non-hydrogen) atoms. The average Bonchev–Trinajstić information content (AvgIpc) is 3.28. The first kappa shape index (κ1) is 55.8. The van der Waals surface area contributed by atoms with Crippen LogP contribution in [-0.4, -0.2) is 193 Å². The Morgan fingerprint density at radius 1 is 0.561 bits per heavy atom. The van der Waals surface area contributed by atoms with Gasteiger partial charge in [0.15, 0.2) is 0 Å². The van der Waals surface area contributed by atoms with E-state index in [2.05, 4.69) is 42.5 Å². The van der Waals surface area contributed by atoms with E-state index in [-0.39, 0.29) is 0 Å². The van der Waals surface area contributed by atoms with E-state index in [1.165, 1.54) is 62.7 Å². The number of nitrogens with one attached hydrogen (secondary N) is 8. The first-order valence-electron chi connectivity index (χ1n) is 21.9. The highest BCUT2D eigenvalue weighted by molar-refractivity contribution is 6.01. The lowest BCUT2D eigenvalue weighted by Crippen LogP contribution is -2.67.